The predicted molar refractivity (Wildman–Crippen MR) is 74.7 cm³/mol. The lowest BCUT2D eigenvalue weighted by Crippen LogP contribution is -2.00. The maximum Gasteiger partial charge on any atom is 0.0954 e. The molecule has 2 aromatic rings. The summed E-state index contributed by atoms with van der Waals surface area (Å²) in [6, 6.07) is 8.43. The molecule has 1 aromatic carbocycles. The maximum atomic E-state index is 4.60. The van der Waals surface area contributed by atoms with Crippen molar-refractivity contribution >= 4 is 17.0 Å². The van der Waals surface area contributed by atoms with Crippen LogP contribution in [0.3, 0.4) is 0 Å². The fourth-order valence-electron chi connectivity index (χ4n) is 1.53. The van der Waals surface area contributed by atoms with Gasteiger partial charge in [0.1, 0.15) is 0 Å². The van der Waals surface area contributed by atoms with E-state index < -0.39 is 0 Å². The van der Waals surface area contributed by atoms with Crippen molar-refractivity contribution < 1.29 is 0 Å². The molecule has 1 aromatic heterocycles. The summed E-state index contributed by atoms with van der Waals surface area (Å²) < 4.78 is 0. The fraction of sp³-hybridized carbons (Fsp3) is 0.357. The van der Waals surface area contributed by atoms with E-state index in [1.165, 1.54) is 10.6 Å². The molecule has 0 aliphatic rings. The SMILES string of the molecule is Cc1ccc(NCc2csc(C(C)C)n2)cc1. The summed E-state index contributed by atoms with van der Waals surface area (Å²) in [7, 11) is 0. The van der Waals surface area contributed by atoms with E-state index >= 15 is 0 Å². The van der Waals surface area contributed by atoms with Crippen molar-refractivity contribution in [3.8, 4) is 0 Å². The minimum Gasteiger partial charge on any atom is -0.379 e. The van der Waals surface area contributed by atoms with Gasteiger partial charge in [0.2, 0.25) is 0 Å². The molecule has 0 fully saturated rings. The van der Waals surface area contributed by atoms with Crippen LogP contribution in [0.25, 0.3) is 0 Å². The van der Waals surface area contributed by atoms with E-state index in [1.54, 1.807) is 11.3 Å². The molecule has 3 heteroatoms. The van der Waals surface area contributed by atoms with Crippen molar-refractivity contribution in [2.75, 3.05) is 5.32 Å². The summed E-state index contributed by atoms with van der Waals surface area (Å²) in [6.07, 6.45) is 0. The van der Waals surface area contributed by atoms with E-state index in [4.69, 9.17) is 0 Å². The van der Waals surface area contributed by atoms with Gasteiger partial charge in [-0.1, -0.05) is 31.5 Å². The Kier molecular flexibility index (Phi) is 3.79. The standard InChI is InChI=1S/C14H18N2S/c1-10(2)14-16-13(9-17-14)8-15-12-6-4-11(3)5-7-12/h4-7,9-10,15H,8H2,1-3H3. The Morgan fingerprint density at radius 3 is 2.53 bits per heavy atom. The van der Waals surface area contributed by atoms with Crippen molar-refractivity contribution in [3.05, 3.63) is 45.9 Å². The second kappa shape index (κ2) is 5.32. The van der Waals surface area contributed by atoms with Crippen molar-refractivity contribution in [3.63, 3.8) is 0 Å². The van der Waals surface area contributed by atoms with Crippen LogP contribution in [0.4, 0.5) is 5.69 Å². The third-order valence-electron chi connectivity index (χ3n) is 2.59. The number of benzene rings is 1. The highest BCUT2D eigenvalue weighted by atomic mass is 32.1. The fourth-order valence-corrected chi connectivity index (χ4v) is 2.37. The Morgan fingerprint density at radius 2 is 1.94 bits per heavy atom. The molecule has 0 saturated heterocycles. The zero-order valence-electron chi connectivity index (χ0n) is 10.5. The highest BCUT2D eigenvalue weighted by Gasteiger charge is 2.05. The molecular formula is C14H18N2S. The van der Waals surface area contributed by atoms with Gasteiger partial charge < -0.3 is 5.32 Å². The molecule has 0 spiro atoms. The molecular weight excluding hydrogens is 228 g/mol. The zero-order valence-corrected chi connectivity index (χ0v) is 11.3. The first-order chi connectivity index (χ1) is 8.15. The van der Waals surface area contributed by atoms with Crippen LogP contribution in [0.15, 0.2) is 29.6 Å². The smallest absolute Gasteiger partial charge is 0.0954 e. The number of aromatic nitrogens is 1. The van der Waals surface area contributed by atoms with E-state index in [2.05, 4.69) is 60.7 Å². The maximum absolute atomic E-state index is 4.60. The van der Waals surface area contributed by atoms with Gasteiger partial charge in [-0.25, -0.2) is 4.98 Å². The number of thiazole rings is 1. The lowest BCUT2D eigenvalue weighted by molar-refractivity contribution is 0.841. The second-order valence-electron chi connectivity index (χ2n) is 4.55. The lowest BCUT2D eigenvalue weighted by Gasteiger charge is -2.04. The summed E-state index contributed by atoms with van der Waals surface area (Å²) >= 11 is 1.74. The first kappa shape index (κ1) is 12.1. The molecule has 0 aliphatic heterocycles. The molecule has 0 radical (unpaired) electrons. The molecule has 0 atom stereocenters. The predicted octanol–water partition coefficient (Wildman–Crippen LogP) is 4.19. The zero-order chi connectivity index (χ0) is 12.3. The number of hydrogen-bond acceptors (Lipinski definition) is 3. The molecule has 0 unspecified atom stereocenters. The van der Waals surface area contributed by atoms with E-state index in [0.29, 0.717) is 5.92 Å². The van der Waals surface area contributed by atoms with E-state index in [0.717, 1.165) is 17.9 Å². The molecule has 0 aliphatic carbocycles. The van der Waals surface area contributed by atoms with Gasteiger partial charge in [0, 0.05) is 17.0 Å². The number of nitrogens with zero attached hydrogens (tertiary/aromatic N) is 1. The van der Waals surface area contributed by atoms with Crippen molar-refractivity contribution in [2.24, 2.45) is 0 Å². The van der Waals surface area contributed by atoms with Crippen LogP contribution in [0.1, 0.15) is 36.0 Å². The topological polar surface area (TPSA) is 24.9 Å². The number of rotatable bonds is 4. The van der Waals surface area contributed by atoms with Gasteiger partial charge in [-0.2, -0.15) is 0 Å². The van der Waals surface area contributed by atoms with Crippen molar-refractivity contribution in [1.29, 1.82) is 0 Å². The first-order valence-electron chi connectivity index (χ1n) is 5.90. The van der Waals surface area contributed by atoms with Gasteiger partial charge in [0.05, 0.1) is 17.2 Å². The Labute approximate surface area is 107 Å². The third-order valence-corrected chi connectivity index (χ3v) is 3.78. The number of nitrogens with one attached hydrogen (secondary N) is 1. The summed E-state index contributed by atoms with van der Waals surface area (Å²) in [5, 5.41) is 6.73. The average molecular weight is 246 g/mol. The summed E-state index contributed by atoms with van der Waals surface area (Å²) in [5.74, 6) is 0.521. The molecule has 1 heterocycles. The Bertz CT molecular complexity index is 471. The Hall–Kier alpha value is -1.35. The van der Waals surface area contributed by atoms with Crippen LogP contribution >= 0.6 is 11.3 Å². The van der Waals surface area contributed by atoms with Gasteiger partial charge >= 0.3 is 0 Å². The molecule has 17 heavy (non-hydrogen) atoms. The Morgan fingerprint density at radius 1 is 1.24 bits per heavy atom. The molecule has 0 amide bonds. The first-order valence-corrected chi connectivity index (χ1v) is 6.78. The normalized spacial score (nSPS) is 10.8. The van der Waals surface area contributed by atoms with Crippen LogP contribution in [0, 0.1) is 6.92 Å². The van der Waals surface area contributed by atoms with Gasteiger partial charge in [-0.15, -0.1) is 11.3 Å². The van der Waals surface area contributed by atoms with E-state index in [1.807, 2.05) is 0 Å². The van der Waals surface area contributed by atoms with Crippen molar-refractivity contribution in [1.82, 2.24) is 4.98 Å². The monoisotopic (exact) mass is 246 g/mol. The van der Waals surface area contributed by atoms with Crippen LogP contribution < -0.4 is 5.32 Å². The molecule has 2 rings (SSSR count). The van der Waals surface area contributed by atoms with Crippen LogP contribution in [0.2, 0.25) is 0 Å². The van der Waals surface area contributed by atoms with Gasteiger partial charge in [-0.05, 0) is 19.1 Å². The van der Waals surface area contributed by atoms with Gasteiger partial charge in [0.25, 0.3) is 0 Å². The van der Waals surface area contributed by atoms with E-state index in [-0.39, 0.29) is 0 Å². The van der Waals surface area contributed by atoms with Crippen LogP contribution in [-0.4, -0.2) is 4.98 Å². The minimum atomic E-state index is 0.521. The van der Waals surface area contributed by atoms with Crippen molar-refractivity contribution in [2.45, 2.75) is 33.2 Å². The van der Waals surface area contributed by atoms with Gasteiger partial charge in [0.15, 0.2) is 0 Å². The van der Waals surface area contributed by atoms with Gasteiger partial charge in [-0.3, -0.25) is 0 Å². The summed E-state index contributed by atoms with van der Waals surface area (Å²) in [5.41, 5.74) is 3.56. The molecule has 1 N–H and O–H groups in total. The highest BCUT2D eigenvalue weighted by molar-refractivity contribution is 7.09. The summed E-state index contributed by atoms with van der Waals surface area (Å²) in [6.45, 7) is 7.25. The van der Waals surface area contributed by atoms with Crippen LogP contribution in [-0.2, 0) is 6.54 Å². The minimum absolute atomic E-state index is 0.521. The molecule has 2 nitrogen and oxygen atoms in total. The molecule has 90 valence electrons. The van der Waals surface area contributed by atoms with E-state index in [9.17, 15) is 0 Å². The van der Waals surface area contributed by atoms with Crippen LogP contribution in [0.5, 0.6) is 0 Å². The number of hydrogen-bond donors (Lipinski definition) is 1. The average Bonchev–Trinajstić information content (AvgIpc) is 2.77. The molecule has 0 bridgehead atoms. The highest BCUT2D eigenvalue weighted by Crippen LogP contribution is 2.19. The quantitative estimate of drug-likeness (QED) is 0.875. The summed E-state index contributed by atoms with van der Waals surface area (Å²) in [4.78, 5) is 4.60. The largest absolute Gasteiger partial charge is 0.379 e. The molecule has 0 saturated carbocycles. The number of aryl methyl sites for hydroxylation is 1. The number of anilines is 1. The lowest BCUT2D eigenvalue weighted by atomic mass is 10.2. The Balaban J connectivity index is 1.95. The second-order valence-corrected chi connectivity index (χ2v) is 5.44. The third kappa shape index (κ3) is 3.30.